The first kappa shape index (κ1) is 16.9. The summed E-state index contributed by atoms with van der Waals surface area (Å²) in [4.78, 5) is 1.13. The maximum absolute atomic E-state index is 12.6. The van der Waals surface area contributed by atoms with Crippen molar-refractivity contribution in [2.24, 2.45) is 0 Å². The molecule has 21 heavy (non-hydrogen) atoms. The van der Waals surface area contributed by atoms with Crippen molar-refractivity contribution in [3.63, 3.8) is 0 Å². The average molecular weight is 332 g/mol. The van der Waals surface area contributed by atoms with Crippen LogP contribution in [-0.2, 0) is 21.3 Å². The Hall–Kier alpha value is -0.430. The highest BCUT2D eigenvalue weighted by Gasteiger charge is 2.27. The van der Waals surface area contributed by atoms with Crippen molar-refractivity contribution in [1.29, 1.82) is 0 Å². The third-order valence-corrected chi connectivity index (χ3v) is 6.95. The molecule has 0 saturated carbocycles. The van der Waals surface area contributed by atoms with Gasteiger partial charge in [0, 0.05) is 24.1 Å². The predicted molar refractivity (Wildman–Crippen MR) is 87.1 cm³/mol. The summed E-state index contributed by atoms with van der Waals surface area (Å²) < 4.78 is 32.4. The highest BCUT2D eigenvalue weighted by atomic mass is 32.2. The SMILES string of the molecule is Cc1ccsc1CN(C(C)C)S(=O)(=O)CCC1CCCO1. The van der Waals surface area contributed by atoms with E-state index in [2.05, 4.69) is 0 Å². The van der Waals surface area contributed by atoms with Gasteiger partial charge in [0.25, 0.3) is 0 Å². The Bertz CT molecular complexity index is 545. The van der Waals surface area contributed by atoms with Crippen LogP contribution in [0.1, 0.15) is 43.6 Å². The lowest BCUT2D eigenvalue weighted by molar-refractivity contribution is 0.108. The van der Waals surface area contributed by atoms with Gasteiger partial charge in [-0.25, -0.2) is 8.42 Å². The van der Waals surface area contributed by atoms with E-state index in [4.69, 9.17) is 4.74 Å². The molecule has 2 heterocycles. The molecule has 1 aliphatic heterocycles. The molecule has 2 rings (SSSR count). The fourth-order valence-corrected chi connectivity index (χ4v) is 5.33. The second-order valence-electron chi connectivity index (χ2n) is 5.91. The molecular weight excluding hydrogens is 306 g/mol. The van der Waals surface area contributed by atoms with Gasteiger partial charge < -0.3 is 4.74 Å². The smallest absolute Gasteiger partial charge is 0.214 e. The Kier molecular flexibility index (Phi) is 5.82. The lowest BCUT2D eigenvalue weighted by atomic mass is 10.2. The molecule has 0 amide bonds. The number of sulfonamides is 1. The molecule has 1 aliphatic rings. The molecule has 1 atom stereocenters. The zero-order valence-electron chi connectivity index (χ0n) is 13.0. The molecule has 1 aromatic rings. The number of aryl methyl sites for hydroxylation is 1. The number of hydrogen-bond acceptors (Lipinski definition) is 4. The van der Waals surface area contributed by atoms with Crippen LogP contribution in [0, 0.1) is 6.92 Å². The van der Waals surface area contributed by atoms with E-state index in [9.17, 15) is 8.42 Å². The fraction of sp³-hybridized carbons (Fsp3) is 0.733. The summed E-state index contributed by atoms with van der Waals surface area (Å²) in [6, 6.07) is 2.01. The van der Waals surface area contributed by atoms with Crippen molar-refractivity contribution in [2.75, 3.05) is 12.4 Å². The molecule has 0 bridgehead atoms. The quantitative estimate of drug-likeness (QED) is 0.771. The van der Waals surface area contributed by atoms with Crippen LogP contribution in [0.15, 0.2) is 11.4 Å². The number of nitrogens with zero attached hydrogens (tertiary/aromatic N) is 1. The zero-order valence-corrected chi connectivity index (χ0v) is 14.7. The van der Waals surface area contributed by atoms with E-state index in [0.29, 0.717) is 13.0 Å². The molecule has 0 N–H and O–H groups in total. The van der Waals surface area contributed by atoms with Crippen LogP contribution in [0.3, 0.4) is 0 Å². The van der Waals surface area contributed by atoms with E-state index >= 15 is 0 Å². The minimum Gasteiger partial charge on any atom is -0.378 e. The molecule has 6 heteroatoms. The van der Waals surface area contributed by atoms with Crippen molar-refractivity contribution in [3.05, 3.63) is 21.9 Å². The average Bonchev–Trinajstić information content (AvgIpc) is 3.04. The summed E-state index contributed by atoms with van der Waals surface area (Å²) in [6.07, 6.45) is 2.76. The Labute approximate surface area is 132 Å². The van der Waals surface area contributed by atoms with Crippen molar-refractivity contribution in [2.45, 2.75) is 58.7 Å². The van der Waals surface area contributed by atoms with Gasteiger partial charge in [-0.2, -0.15) is 4.31 Å². The molecule has 0 aliphatic carbocycles. The van der Waals surface area contributed by atoms with E-state index in [1.165, 1.54) is 5.56 Å². The minimum atomic E-state index is -3.24. The third kappa shape index (κ3) is 4.52. The summed E-state index contributed by atoms with van der Waals surface area (Å²) in [5.74, 6) is 0.181. The number of rotatable bonds is 7. The maximum atomic E-state index is 12.6. The molecule has 4 nitrogen and oxygen atoms in total. The van der Waals surface area contributed by atoms with Gasteiger partial charge in [0.05, 0.1) is 11.9 Å². The molecular formula is C15H25NO3S2. The zero-order chi connectivity index (χ0) is 15.5. The normalized spacial score (nSPS) is 19.8. The summed E-state index contributed by atoms with van der Waals surface area (Å²) >= 11 is 1.62. The largest absolute Gasteiger partial charge is 0.378 e. The number of ether oxygens (including phenoxy) is 1. The Morgan fingerprint density at radius 1 is 1.48 bits per heavy atom. The van der Waals surface area contributed by atoms with Crippen LogP contribution in [0.4, 0.5) is 0 Å². The minimum absolute atomic E-state index is 0.0269. The molecule has 1 saturated heterocycles. The van der Waals surface area contributed by atoms with Crippen LogP contribution in [0.2, 0.25) is 0 Å². The Balaban J connectivity index is 2.03. The Morgan fingerprint density at radius 2 is 2.24 bits per heavy atom. The van der Waals surface area contributed by atoms with E-state index < -0.39 is 10.0 Å². The van der Waals surface area contributed by atoms with Crippen molar-refractivity contribution >= 4 is 21.4 Å². The monoisotopic (exact) mass is 331 g/mol. The van der Waals surface area contributed by atoms with Gasteiger partial charge >= 0.3 is 0 Å². The Morgan fingerprint density at radius 3 is 2.76 bits per heavy atom. The van der Waals surface area contributed by atoms with Gasteiger partial charge in [-0.05, 0) is 57.0 Å². The molecule has 0 aromatic carbocycles. The second kappa shape index (κ2) is 7.22. The first-order chi connectivity index (χ1) is 9.90. The fourth-order valence-electron chi connectivity index (χ4n) is 2.58. The number of thiophene rings is 1. The van der Waals surface area contributed by atoms with Crippen LogP contribution in [0.5, 0.6) is 0 Å². The molecule has 0 radical (unpaired) electrons. The first-order valence-corrected chi connectivity index (χ1v) is 10.0. The molecule has 120 valence electrons. The van der Waals surface area contributed by atoms with Gasteiger partial charge in [0.1, 0.15) is 0 Å². The van der Waals surface area contributed by atoms with Gasteiger partial charge in [0.2, 0.25) is 10.0 Å². The van der Waals surface area contributed by atoms with Crippen molar-refractivity contribution < 1.29 is 13.2 Å². The maximum Gasteiger partial charge on any atom is 0.214 e. The standard InChI is InChI=1S/C15H25NO3S2/c1-12(2)16(11-15-13(3)6-9-20-15)21(17,18)10-7-14-5-4-8-19-14/h6,9,12,14H,4-5,7-8,10-11H2,1-3H3. The third-order valence-electron chi connectivity index (χ3n) is 3.92. The summed E-state index contributed by atoms with van der Waals surface area (Å²) in [5.41, 5.74) is 1.17. The van der Waals surface area contributed by atoms with Gasteiger partial charge in [-0.3, -0.25) is 0 Å². The van der Waals surface area contributed by atoms with E-state index in [1.807, 2.05) is 32.2 Å². The molecule has 1 fully saturated rings. The summed E-state index contributed by atoms with van der Waals surface area (Å²) in [6.45, 7) is 7.16. The molecule has 0 spiro atoms. The summed E-state index contributed by atoms with van der Waals surface area (Å²) in [5, 5.41) is 2.02. The lowest BCUT2D eigenvalue weighted by Crippen LogP contribution is -2.38. The van der Waals surface area contributed by atoms with Crippen molar-refractivity contribution in [3.8, 4) is 0 Å². The number of hydrogen-bond donors (Lipinski definition) is 0. The van der Waals surface area contributed by atoms with Crippen LogP contribution in [0.25, 0.3) is 0 Å². The first-order valence-electron chi connectivity index (χ1n) is 7.54. The molecule has 1 unspecified atom stereocenters. The van der Waals surface area contributed by atoms with E-state index in [1.54, 1.807) is 15.6 Å². The van der Waals surface area contributed by atoms with E-state index in [0.717, 1.165) is 24.3 Å². The van der Waals surface area contributed by atoms with Gasteiger partial charge in [-0.15, -0.1) is 11.3 Å². The molecule has 1 aromatic heterocycles. The summed E-state index contributed by atoms with van der Waals surface area (Å²) in [7, 11) is -3.24. The van der Waals surface area contributed by atoms with Crippen molar-refractivity contribution in [1.82, 2.24) is 4.31 Å². The van der Waals surface area contributed by atoms with E-state index in [-0.39, 0.29) is 17.9 Å². The highest BCUT2D eigenvalue weighted by Crippen LogP contribution is 2.23. The lowest BCUT2D eigenvalue weighted by Gasteiger charge is -2.26. The predicted octanol–water partition coefficient (Wildman–Crippen LogP) is 3.17. The van der Waals surface area contributed by atoms with Crippen LogP contribution < -0.4 is 0 Å². The van der Waals surface area contributed by atoms with Crippen LogP contribution in [-0.4, -0.2) is 37.2 Å². The second-order valence-corrected chi connectivity index (χ2v) is 8.95. The van der Waals surface area contributed by atoms with Gasteiger partial charge in [-0.1, -0.05) is 0 Å². The van der Waals surface area contributed by atoms with Crippen LogP contribution >= 0.6 is 11.3 Å². The topological polar surface area (TPSA) is 46.6 Å². The highest BCUT2D eigenvalue weighted by molar-refractivity contribution is 7.89. The van der Waals surface area contributed by atoms with Gasteiger partial charge in [0.15, 0.2) is 0 Å².